The molecule has 20 heavy (non-hydrogen) atoms. The summed E-state index contributed by atoms with van der Waals surface area (Å²) in [5.41, 5.74) is 7.97. The molecule has 2 heterocycles. The summed E-state index contributed by atoms with van der Waals surface area (Å²) >= 11 is 0. The van der Waals surface area contributed by atoms with Gasteiger partial charge < -0.3 is 15.0 Å². The maximum Gasteiger partial charge on any atom is 0.120 e. The van der Waals surface area contributed by atoms with Gasteiger partial charge in [-0.25, -0.2) is 0 Å². The zero-order chi connectivity index (χ0) is 13.9. The molecular formula is C16H19N3O. The normalized spacial score (nSPS) is 11.3. The third-order valence-electron chi connectivity index (χ3n) is 3.71. The molecule has 0 bridgehead atoms. The van der Waals surface area contributed by atoms with Crippen LogP contribution in [0.1, 0.15) is 12.8 Å². The van der Waals surface area contributed by atoms with Crippen molar-refractivity contribution in [3.63, 3.8) is 0 Å². The van der Waals surface area contributed by atoms with Gasteiger partial charge in [0, 0.05) is 29.6 Å². The van der Waals surface area contributed by atoms with Crippen LogP contribution in [0.5, 0.6) is 5.75 Å². The van der Waals surface area contributed by atoms with E-state index in [-0.39, 0.29) is 0 Å². The Labute approximate surface area is 118 Å². The van der Waals surface area contributed by atoms with Crippen molar-refractivity contribution in [1.29, 1.82) is 0 Å². The minimum atomic E-state index is 0.735. The predicted molar refractivity (Wildman–Crippen MR) is 82.1 cm³/mol. The van der Waals surface area contributed by atoms with E-state index in [1.165, 1.54) is 21.8 Å². The Morgan fingerprint density at radius 1 is 1.15 bits per heavy atom. The molecule has 2 N–H and O–H groups in total. The molecule has 104 valence electrons. The zero-order valence-electron chi connectivity index (χ0n) is 11.7. The summed E-state index contributed by atoms with van der Waals surface area (Å²) in [6.07, 6.45) is 5.88. The molecule has 4 nitrogen and oxygen atoms in total. The summed E-state index contributed by atoms with van der Waals surface area (Å²) in [7, 11) is 1.70. The van der Waals surface area contributed by atoms with Gasteiger partial charge in [-0.15, -0.1) is 0 Å². The number of fused-ring (bicyclic) bond motifs is 3. The van der Waals surface area contributed by atoms with Crippen molar-refractivity contribution in [3.05, 3.63) is 36.7 Å². The Bertz CT molecular complexity index is 733. The standard InChI is InChI=1S/C16H19N3O/c1-20-12-4-5-13-14-6-8-18-11-16(14)19(15(13)10-12)9-3-2-7-17/h4-6,8,10-11H,2-3,7,9,17H2,1H3. The molecule has 0 radical (unpaired) electrons. The minimum Gasteiger partial charge on any atom is -0.497 e. The summed E-state index contributed by atoms with van der Waals surface area (Å²) in [6, 6.07) is 8.30. The molecule has 0 atom stereocenters. The van der Waals surface area contributed by atoms with E-state index in [1.807, 2.05) is 18.5 Å². The lowest BCUT2D eigenvalue weighted by Crippen LogP contribution is -2.03. The monoisotopic (exact) mass is 269 g/mol. The van der Waals surface area contributed by atoms with E-state index in [1.54, 1.807) is 7.11 Å². The summed E-state index contributed by atoms with van der Waals surface area (Å²) in [5, 5.41) is 2.49. The number of hydrogen-bond acceptors (Lipinski definition) is 3. The van der Waals surface area contributed by atoms with Crippen molar-refractivity contribution in [2.45, 2.75) is 19.4 Å². The smallest absolute Gasteiger partial charge is 0.120 e. The van der Waals surface area contributed by atoms with Gasteiger partial charge >= 0.3 is 0 Å². The molecule has 1 aromatic carbocycles. The number of methoxy groups -OCH3 is 1. The first-order valence-electron chi connectivity index (χ1n) is 6.95. The number of benzene rings is 1. The molecule has 0 aliphatic carbocycles. The number of ether oxygens (including phenoxy) is 1. The third kappa shape index (κ3) is 2.12. The quantitative estimate of drug-likeness (QED) is 0.724. The Morgan fingerprint density at radius 2 is 2.00 bits per heavy atom. The number of unbranched alkanes of at least 4 members (excludes halogenated alkanes) is 1. The second-order valence-electron chi connectivity index (χ2n) is 4.92. The SMILES string of the molecule is COc1ccc2c3ccncc3n(CCCCN)c2c1. The first-order chi connectivity index (χ1) is 9.85. The van der Waals surface area contributed by atoms with E-state index < -0.39 is 0 Å². The van der Waals surface area contributed by atoms with Crippen LogP contribution in [0.3, 0.4) is 0 Å². The van der Waals surface area contributed by atoms with Crippen LogP contribution in [0.25, 0.3) is 21.8 Å². The number of pyridine rings is 1. The second-order valence-corrected chi connectivity index (χ2v) is 4.92. The van der Waals surface area contributed by atoms with E-state index in [0.717, 1.165) is 31.7 Å². The molecule has 3 aromatic rings. The van der Waals surface area contributed by atoms with E-state index in [2.05, 4.69) is 27.8 Å². The molecular weight excluding hydrogens is 250 g/mol. The average Bonchev–Trinajstić information content (AvgIpc) is 2.81. The number of rotatable bonds is 5. The molecule has 0 spiro atoms. The molecule has 2 aromatic heterocycles. The van der Waals surface area contributed by atoms with Crippen molar-refractivity contribution < 1.29 is 4.74 Å². The highest BCUT2D eigenvalue weighted by Crippen LogP contribution is 2.31. The highest BCUT2D eigenvalue weighted by molar-refractivity contribution is 6.08. The highest BCUT2D eigenvalue weighted by atomic mass is 16.5. The van der Waals surface area contributed by atoms with E-state index in [4.69, 9.17) is 10.5 Å². The van der Waals surface area contributed by atoms with E-state index in [0.29, 0.717) is 0 Å². The Kier molecular flexibility index (Phi) is 3.56. The Balaban J connectivity index is 2.19. The van der Waals surface area contributed by atoms with Gasteiger partial charge in [-0.2, -0.15) is 0 Å². The van der Waals surface area contributed by atoms with Gasteiger partial charge in [0.2, 0.25) is 0 Å². The van der Waals surface area contributed by atoms with Crippen LogP contribution in [0, 0.1) is 0 Å². The van der Waals surface area contributed by atoms with Crippen LogP contribution in [0.4, 0.5) is 0 Å². The van der Waals surface area contributed by atoms with Gasteiger partial charge in [-0.05, 0) is 37.6 Å². The Morgan fingerprint density at radius 3 is 2.80 bits per heavy atom. The first-order valence-corrected chi connectivity index (χ1v) is 6.95. The van der Waals surface area contributed by atoms with Gasteiger partial charge in [0.15, 0.2) is 0 Å². The van der Waals surface area contributed by atoms with Crippen LogP contribution >= 0.6 is 0 Å². The molecule has 0 saturated heterocycles. The predicted octanol–water partition coefficient (Wildman–Crippen LogP) is 2.94. The maximum atomic E-state index is 5.60. The van der Waals surface area contributed by atoms with Crippen molar-refractivity contribution >= 4 is 21.8 Å². The number of nitrogens with zero attached hydrogens (tertiary/aromatic N) is 2. The maximum absolute atomic E-state index is 5.60. The van der Waals surface area contributed by atoms with Gasteiger partial charge in [0.05, 0.1) is 24.3 Å². The van der Waals surface area contributed by atoms with Crippen molar-refractivity contribution in [1.82, 2.24) is 9.55 Å². The summed E-state index contributed by atoms with van der Waals surface area (Å²) in [5.74, 6) is 0.883. The largest absolute Gasteiger partial charge is 0.497 e. The van der Waals surface area contributed by atoms with Crippen LogP contribution in [0.2, 0.25) is 0 Å². The minimum absolute atomic E-state index is 0.735. The highest BCUT2D eigenvalue weighted by Gasteiger charge is 2.11. The van der Waals surface area contributed by atoms with E-state index in [9.17, 15) is 0 Å². The molecule has 0 fully saturated rings. The van der Waals surface area contributed by atoms with Crippen molar-refractivity contribution in [2.75, 3.05) is 13.7 Å². The third-order valence-corrected chi connectivity index (χ3v) is 3.71. The lowest BCUT2D eigenvalue weighted by molar-refractivity contribution is 0.415. The van der Waals surface area contributed by atoms with Crippen LogP contribution < -0.4 is 10.5 Å². The fourth-order valence-electron chi connectivity index (χ4n) is 2.70. The average molecular weight is 269 g/mol. The number of aromatic nitrogens is 2. The van der Waals surface area contributed by atoms with Gasteiger partial charge in [0.25, 0.3) is 0 Å². The molecule has 3 rings (SSSR count). The number of aryl methyl sites for hydroxylation is 1. The van der Waals surface area contributed by atoms with Gasteiger partial charge in [0.1, 0.15) is 5.75 Å². The van der Waals surface area contributed by atoms with Crippen molar-refractivity contribution in [3.8, 4) is 5.75 Å². The fraction of sp³-hybridized carbons (Fsp3) is 0.312. The first kappa shape index (κ1) is 12.9. The Hall–Kier alpha value is -2.07. The van der Waals surface area contributed by atoms with Crippen LogP contribution in [-0.4, -0.2) is 23.2 Å². The summed E-state index contributed by atoms with van der Waals surface area (Å²) < 4.78 is 7.67. The lowest BCUT2D eigenvalue weighted by atomic mass is 10.2. The molecule has 0 unspecified atom stereocenters. The fourth-order valence-corrected chi connectivity index (χ4v) is 2.70. The zero-order valence-corrected chi connectivity index (χ0v) is 11.7. The molecule has 0 aliphatic rings. The molecule has 0 saturated carbocycles. The van der Waals surface area contributed by atoms with Crippen molar-refractivity contribution in [2.24, 2.45) is 5.73 Å². The van der Waals surface area contributed by atoms with Gasteiger partial charge in [-0.3, -0.25) is 4.98 Å². The van der Waals surface area contributed by atoms with E-state index >= 15 is 0 Å². The van der Waals surface area contributed by atoms with Gasteiger partial charge in [-0.1, -0.05) is 0 Å². The summed E-state index contributed by atoms with van der Waals surface area (Å²) in [4.78, 5) is 4.26. The molecule has 4 heteroatoms. The summed E-state index contributed by atoms with van der Waals surface area (Å²) in [6.45, 7) is 1.69. The topological polar surface area (TPSA) is 53.1 Å². The van der Waals surface area contributed by atoms with Crippen LogP contribution in [0.15, 0.2) is 36.7 Å². The number of hydrogen-bond donors (Lipinski definition) is 1. The molecule has 0 amide bonds. The number of nitrogens with two attached hydrogens (primary N) is 1. The van der Waals surface area contributed by atoms with Crippen LogP contribution in [-0.2, 0) is 6.54 Å². The molecule has 0 aliphatic heterocycles. The lowest BCUT2D eigenvalue weighted by Gasteiger charge is -2.07. The second kappa shape index (κ2) is 5.51.